The molecule has 2 aliphatic heterocycles. The Bertz CT molecular complexity index is 1160. The van der Waals surface area contributed by atoms with E-state index in [2.05, 4.69) is 27.0 Å². The summed E-state index contributed by atoms with van der Waals surface area (Å²) in [5.41, 5.74) is 4.12. The number of rotatable bonds is 3. The van der Waals surface area contributed by atoms with Gasteiger partial charge < -0.3 is 14.9 Å². The van der Waals surface area contributed by atoms with E-state index in [-0.39, 0.29) is 24.1 Å². The van der Waals surface area contributed by atoms with Crippen molar-refractivity contribution < 1.29 is 9.59 Å². The topological polar surface area (TPSA) is 92.5 Å². The molecule has 1 fully saturated rings. The van der Waals surface area contributed by atoms with E-state index in [4.69, 9.17) is 0 Å². The first-order valence-corrected chi connectivity index (χ1v) is 10.9. The van der Waals surface area contributed by atoms with Crippen molar-refractivity contribution in [1.29, 1.82) is 0 Å². The minimum Gasteiger partial charge on any atom is -0.335 e. The molecule has 2 aromatic carbocycles. The number of hydrogen-bond donors (Lipinski definition) is 2. The molecule has 1 saturated heterocycles. The third-order valence-electron chi connectivity index (χ3n) is 6.22. The molecule has 8 nitrogen and oxygen atoms in total. The van der Waals surface area contributed by atoms with Crippen molar-refractivity contribution in [3.63, 3.8) is 0 Å². The number of aromatic nitrogens is 2. The number of amides is 2. The molecule has 8 heteroatoms. The molecule has 0 bridgehead atoms. The molecule has 2 amide bonds. The Kier molecular flexibility index (Phi) is 5.36. The Balaban J connectivity index is 1.31. The average Bonchev–Trinajstić information content (AvgIpc) is 3.17. The van der Waals surface area contributed by atoms with E-state index in [1.165, 1.54) is 17.3 Å². The van der Waals surface area contributed by atoms with Crippen LogP contribution in [-0.4, -0.2) is 64.3 Å². The third-order valence-corrected chi connectivity index (χ3v) is 6.22. The minimum absolute atomic E-state index is 0.0292. The molecule has 164 valence electrons. The summed E-state index contributed by atoms with van der Waals surface area (Å²) in [5.74, 6) is -0.175. The number of aromatic amines is 2. The van der Waals surface area contributed by atoms with Crippen LogP contribution in [0.25, 0.3) is 0 Å². The van der Waals surface area contributed by atoms with E-state index >= 15 is 0 Å². The molecule has 2 aliphatic rings. The van der Waals surface area contributed by atoms with Crippen LogP contribution < -0.4 is 10.6 Å². The van der Waals surface area contributed by atoms with Crippen LogP contribution in [0.1, 0.15) is 21.6 Å². The van der Waals surface area contributed by atoms with Gasteiger partial charge in [0.15, 0.2) is 0 Å². The van der Waals surface area contributed by atoms with Crippen LogP contribution in [0.5, 0.6) is 0 Å². The molecule has 0 unspecified atom stereocenters. The number of benzene rings is 2. The zero-order valence-electron chi connectivity index (χ0n) is 17.7. The van der Waals surface area contributed by atoms with Gasteiger partial charge in [0.05, 0.1) is 17.9 Å². The Morgan fingerprint density at radius 3 is 2.00 bits per heavy atom. The highest BCUT2D eigenvalue weighted by Crippen LogP contribution is 2.36. The van der Waals surface area contributed by atoms with Gasteiger partial charge in [0.25, 0.3) is 5.91 Å². The van der Waals surface area contributed by atoms with Crippen molar-refractivity contribution in [1.82, 2.24) is 19.8 Å². The SMILES string of the molecule is O=C(c1c[nH]c(=O)[nH]1)N1CCN(CC(=O)N2c3ccccc3CCc3ccccc32)CC1. The number of H-pyrrole nitrogens is 2. The van der Waals surface area contributed by atoms with Gasteiger partial charge >= 0.3 is 5.69 Å². The van der Waals surface area contributed by atoms with Crippen molar-refractivity contribution in [2.45, 2.75) is 12.8 Å². The smallest absolute Gasteiger partial charge is 0.323 e. The molecule has 0 spiro atoms. The largest absolute Gasteiger partial charge is 0.335 e. The molecular weight excluding hydrogens is 406 g/mol. The molecule has 2 N–H and O–H groups in total. The predicted molar refractivity (Wildman–Crippen MR) is 121 cm³/mol. The van der Waals surface area contributed by atoms with Gasteiger partial charge in [-0.2, -0.15) is 0 Å². The first-order chi connectivity index (χ1) is 15.6. The molecule has 0 atom stereocenters. The van der Waals surface area contributed by atoms with Crippen LogP contribution in [0.4, 0.5) is 11.4 Å². The van der Waals surface area contributed by atoms with Gasteiger partial charge in [-0.15, -0.1) is 0 Å². The minimum atomic E-state index is -0.393. The molecular formula is C24H25N5O3. The fourth-order valence-electron chi connectivity index (χ4n) is 4.54. The van der Waals surface area contributed by atoms with E-state index in [0.717, 1.165) is 24.2 Å². The molecule has 1 aromatic heterocycles. The summed E-state index contributed by atoms with van der Waals surface area (Å²) >= 11 is 0. The van der Waals surface area contributed by atoms with Crippen LogP contribution in [-0.2, 0) is 17.6 Å². The summed E-state index contributed by atoms with van der Waals surface area (Å²) in [7, 11) is 0. The number of imidazole rings is 1. The van der Waals surface area contributed by atoms with Crippen molar-refractivity contribution in [3.8, 4) is 0 Å². The molecule has 5 rings (SSSR count). The van der Waals surface area contributed by atoms with Crippen LogP contribution in [0.15, 0.2) is 59.5 Å². The number of aryl methyl sites for hydroxylation is 2. The Hall–Kier alpha value is -3.65. The number of carbonyl (C=O) groups is 2. The number of carbonyl (C=O) groups excluding carboxylic acids is 2. The molecule has 3 aromatic rings. The summed E-state index contributed by atoms with van der Waals surface area (Å²) in [5, 5.41) is 0. The normalized spacial score (nSPS) is 16.2. The number of nitrogens with zero attached hydrogens (tertiary/aromatic N) is 3. The zero-order valence-corrected chi connectivity index (χ0v) is 17.7. The highest BCUT2D eigenvalue weighted by molar-refractivity contribution is 6.03. The lowest BCUT2D eigenvalue weighted by Gasteiger charge is -2.35. The summed E-state index contributed by atoms with van der Waals surface area (Å²) in [4.78, 5) is 48.0. The van der Waals surface area contributed by atoms with Crippen molar-refractivity contribution in [3.05, 3.63) is 82.0 Å². The number of anilines is 2. The highest BCUT2D eigenvalue weighted by atomic mass is 16.2. The predicted octanol–water partition coefficient (Wildman–Crippen LogP) is 1.92. The van der Waals surface area contributed by atoms with Gasteiger partial charge in [0, 0.05) is 32.4 Å². The lowest BCUT2D eigenvalue weighted by atomic mass is 10.0. The Morgan fingerprint density at radius 1 is 0.844 bits per heavy atom. The van der Waals surface area contributed by atoms with Crippen LogP contribution in [0.3, 0.4) is 0 Å². The molecule has 0 aliphatic carbocycles. The second-order valence-corrected chi connectivity index (χ2v) is 8.21. The summed E-state index contributed by atoms with van der Waals surface area (Å²) in [6.07, 6.45) is 3.20. The number of hydrogen-bond acceptors (Lipinski definition) is 4. The fraction of sp³-hybridized carbons (Fsp3) is 0.292. The molecule has 0 saturated carbocycles. The van der Waals surface area contributed by atoms with Crippen molar-refractivity contribution in [2.24, 2.45) is 0 Å². The average molecular weight is 431 g/mol. The second kappa shape index (κ2) is 8.47. The fourth-order valence-corrected chi connectivity index (χ4v) is 4.54. The Morgan fingerprint density at radius 2 is 1.44 bits per heavy atom. The molecule has 32 heavy (non-hydrogen) atoms. The lowest BCUT2D eigenvalue weighted by Crippen LogP contribution is -2.51. The molecule has 3 heterocycles. The summed E-state index contributed by atoms with van der Waals surface area (Å²) < 4.78 is 0. The standard InChI is InChI=1S/C24H25N5O3/c30-22(16-27-11-13-28(14-12-27)23(31)19-15-25-24(32)26-19)29-20-7-3-1-5-17(20)9-10-18-6-2-4-8-21(18)29/h1-8,15H,9-14,16H2,(H2,25,26,32). The van der Waals surface area contributed by atoms with Gasteiger partial charge in [0.1, 0.15) is 5.69 Å². The summed E-state index contributed by atoms with van der Waals surface area (Å²) in [6, 6.07) is 16.2. The van der Waals surface area contributed by atoms with Crippen LogP contribution >= 0.6 is 0 Å². The van der Waals surface area contributed by atoms with Crippen LogP contribution in [0.2, 0.25) is 0 Å². The van der Waals surface area contributed by atoms with Gasteiger partial charge in [-0.25, -0.2) is 4.79 Å². The maximum atomic E-state index is 13.5. The maximum absolute atomic E-state index is 13.5. The monoisotopic (exact) mass is 431 g/mol. The first kappa shape index (κ1) is 20.3. The van der Waals surface area contributed by atoms with Crippen LogP contribution in [0, 0.1) is 0 Å². The number of para-hydroxylation sites is 2. The quantitative estimate of drug-likeness (QED) is 0.663. The molecule has 0 radical (unpaired) electrons. The highest BCUT2D eigenvalue weighted by Gasteiger charge is 2.29. The lowest BCUT2D eigenvalue weighted by molar-refractivity contribution is -0.119. The van der Waals surface area contributed by atoms with E-state index < -0.39 is 5.69 Å². The van der Waals surface area contributed by atoms with Crippen molar-refractivity contribution in [2.75, 3.05) is 37.6 Å². The van der Waals surface area contributed by atoms with E-state index in [1.54, 1.807) is 4.90 Å². The zero-order chi connectivity index (χ0) is 22.1. The van der Waals surface area contributed by atoms with Gasteiger partial charge in [-0.05, 0) is 36.1 Å². The first-order valence-electron chi connectivity index (χ1n) is 10.9. The van der Waals surface area contributed by atoms with E-state index in [0.29, 0.717) is 26.2 Å². The second-order valence-electron chi connectivity index (χ2n) is 8.21. The van der Waals surface area contributed by atoms with E-state index in [1.807, 2.05) is 41.3 Å². The number of nitrogens with one attached hydrogen (secondary N) is 2. The Labute approximate surface area is 185 Å². The third kappa shape index (κ3) is 3.85. The number of fused-ring (bicyclic) bond motifs is 2. The maximum Gasteiger partial charge on any atom is 0.323 e. The van der Waals surface area contributed by atoms with Gasteiger partial charge in [-0.3, -0.25) is 19.4 Å². The van der Waals surface area contributed by atoms with Gasteiger partial charge in [-0.1, -0.05) is 36.4 Å². The summed E-state index contributed by atoms with van der Waals surface area (Å²) in [6.45, 7) is 2.50. The van der Waals surface area contributed by atoms with Crippen molar-refractivity contribution >= 4 is 23.2 Å². The van der Waals surface area contributed by atoms with Gasteiger partial charge in [0.2, 0.25) is 5.91 Å². The number of piperazine rings is 1. The van der Waals surface area contributed by atoms with E-state index in [9.17, 15) is 14.4 Å².